The van der Waals surface area contributed by atoms with E-state index in [1.54, 1.807) is 0 Å². The summed E-state index contributed by atoms with van der Waals surface area (Å²) in [7, 11) is 4.17. The van der Waals surface area contributed by atoms with Crippen LogP contribution in [0.4, 0.5) is 0 Å². The second-order valence-corrected chi connectivity index (χ2v) is 6.34. The number of amides is 1. The molecule has 0 aromatic rings. The molecule has 2 saturated heterocycles. The molecule has 19 heavy (non-hydrogen) atoms. The molecule has 0 aromatic carbocycles. The minimum absolute atomic E-state index is 0.219. The van der Waals surface area contributed by atoms with Gasteiger partial charge in [-0.1, -0.05) is 0 Å². The average Bonchev–Trinajstić information content (AvgIpc) is 2.46. The third-order valence-electron chi connectivity index (χ3n) is 4.73. The zero-order valence-electron chi connectivity index (χ0n) is 12.5. The zero-order valence-corrected chi connectivity index (χ0v) is 12.5. The number of likely N-dealkylation sites (tertiary alicyclic amines) is 1. The van der Waals surface area contributed by atoms with E-state index in [-0.39, 0.29) is 5.92 Å². The number of rotatable bonds is 4. The van der Waals surface area contributed by atoms with Crippen LogP contribution in [0.3, 0.4) is 0 Å². The molecule has 1 N–H and O–H groups in total. The van der Waals surface area contributed by atoms with Crippen LogP contribution in [0, 0.1) is 11.8 Å². The second kappa shape index (κ2) is 7.25. The lowest BCUT2D eigenvalue weighted by atomic mass is 9.93. The van der Waals surface area contributed by atoms with Crippen molar-refractivity contribution in [3.05, 3.63) is 0 Å². The molecular formula is C15H29N3O. The van der Waals surface area contributed by atoms with Crippen molar-refractivity contribution in [2.75, 3.05) is 46.8 Å². The third-order valence-corrected chi connectivity index (χ3v) is 4.73. The highest BCUT2D eigenvalue weighted by Crippen LogP contribution is 2.20. The number of hydrogen-bond acceptors (Lipinski definition) is 3. The first-order chi connectivity index (χ1) is 9.16. The van der Waals surface area contributed by atoms with Crippen molar-refractivity contribution < 1.29 is 4.79 Å². The maximum absolute atomic E-state index is 12.3. The first-order valence-electron chi connectivity index (χ1n) is 7.81. The quantitative estimate of drug-likeness (QED) is 0.831. The van der Waals surface area contributed by atoms with Crippen LogP contribution in [-0.4, -0.2) is 62.5 Å². The maximum Gasteiger partial charge on any atom is 0.226 e. The Morgan fingerprint density at radius 1 is 1.32 bits per heavy atom. The van der Waals surface area contributed by atoms with Crippen LogP contribution in [0.1, 0.15) is 32.1 Å². The third kappa shape index (κ3) is 4.46. The Bertz CT molecular complexity index is 281. The van der Waals surface area contributed by atoms with E-state index in [4.69, 9.17) is 0 Å². The minimum Gasteiger partial charge on any atom is -0.345 e. The van der Waals surface area contributed by atoms with Gasteiger partial charge in [0.15, 0.2) is 0 Å². The molecule has 4 nitrogen and oxygen atoms in total. The summed E-state index contributed by atoms with van der Waals surface area (Å²) in [6.07, 6.45) is 5.97. The molecule has 0 radical (unpaired) electrons. The van der Waals surface area contributed by atoms with Crippen LogP contribution >= 0.6 is 0 Å². The summed E-state index contributed by atoms with van der Waals surface area (Å²) >= 11 is 0. The van der Waals surface area contributed by atoms with Gasteiger partial charge < -0.3 is 15.1 Å². The fourth-order valence-electron chi connectivity index (χ4n) is 3.21. The first-order valence-corrected chi connectivity index (χ1v) is 7.81. The Labute approximate surface area is 117 Å². The first kappa shape index (κ1) is 14.8. The molecule has 0 aliphatic carbocycles. The van der Waals surface area contributed by atoms with Gasteiger partial charge in [0.05, 0.1) is 5.92 Å². The number of nitrogens with zero attached hydrogens (tertiary/aromatic N) is 2. The van der Waals surface area contributed by atoms with Crippen LogP contribution < -0.4 is 5.32 Å². The normalized spacial score (nSPS) is 26.3. The van der Waals surface area contributed by atoms with Crippen LogP contribution in [-0.2, 0) is 4.79 Å². The lowest BCUT2D eigenvalue weighted by Crippen LogP contribution is -2.42. The minimum atomic E-state index is 0.219. The molecular weight excluding hydrogens is 238 g/mol. The zero-order chi connectivity index (χ0) is 13.7. The van der Waals surface area contributed by atoms with Gasteiger partial charge in [-0.15, -0.1) is 0 Å². The van der Waals surface area contributed by atoms with Gasteiger partial charge in [0.1, 0.15) is 0 Å². The standard InChI is InChI=1S/C15H29N3O/c1-17-9-5-13(6-10-17)7-11-18(2)15(19)14-4-3-8-16-12-14/h13-14,16H,3-12H2,1-2H3. The largest absolute Gasteiger partial charge is 0.345 e. The molecule has 0 aromatic heterocycles. The Morgan fingerprint density at radius 2 is 2.05 bits per heavy atom. The molecule has 0 spiro atoms. The highest BCUT2D eigenvalue weighted by Gasteiger charge is 2.24. The van der Waals surface area contributed by atoms with Crippen LogP contribution in [0.15, 0.2) is 0 Å². The lowest BCUT2D eigenvalue weighted by Gasteiger charge is -2.31. The molecule has 2 fully saturated rings. The highest BCUT2D eigenvalue weighted by molar-refractivity contribution is 5.78. The topological polar surface area (TPSA) is 35.6 Å². The Balaban J connectivity index is 1.68. The molecule has 4 heteroatoms. The van der Waals surface area contributed by atoms with Gasteiger partial charge in [-0.3, -0.25) is 4.79 Å². The van der Waals surface area contributed by atoms with Crippen LogP contribution in [0.2, 0.25) is 0 Å². The number of carbonyl (C=O) groups is 1. The lowest BCUT2D eigenvalue weighted by molar-refractivity contribution is -0.134. The summed E-state index contributed by atoms with van der Waals surface area (Å²) in [5, 5.41) is 3.33. The molecule has 2 rings (SSSR count). The van der Waals surface area contributed by atoms with E-state index in [1.165, 1.54) is 32.4 Å². The fraction of sp³-hybridized carbons (Fsp3) is 0.933. The van der Waals surface area contributed by atoms with E-state index < -0.39 is 0 Å². The number of hydrogen-bond donors (Lipinski definition) is 1. The number of piperidine rings is 2. The van der Waals surface area contributed by atoms with Crippen molar-refractivity contribution in [3.8, 4) is 0 Å². The smallest absolute Gasteiger partial charge is 0.226 e. The van der Waals surface area contributed by atoms with Crippen molar-refractivity contribution in [2.24, 2.45) is 11.8 Å². The van der Waals surface area contributed by atoms with E-state index in [0.717, 1.165) is 38.4 Å². The molecule has 110 valence electrons. The van der Waals surface area contributed by atoms with Gasteiger partial charge in [0.25, 0.3) is 0 Å². The van der Waals surface area contributed by atoms with Gasteiger partial charge in [-0.25, -0.2) is 0 Å². The van der Waals surface area contributed by atoms with E-state index in [1.807, 2.05) is 11.9 Å². The van der Waals surface area contributed by atoms with Gasteiger partial charge in [-0.05, 0) is 64.7 Å². The summed E-state index contributed by atoms with van der Waals surface area (Å²) in [6, 6.07) is 0. The highest BCUT2D eigenvalue weighted by atomic mass is 16.2. The molecule has 0 bridgehead atoms. The maximum atomic E-state index is 12.3. The fourth-order valence-corrected chi connectivity index (χ4v) is 3.21. The summed E-state index contributed by atoms with van der Waals surface area (Å²) in [5.41, 5.74) is 0. The van der Waals surface area contributed by atoms with Crippen molar-refractivity contribution >= 4 is 5.91 Å². The van der Waals surface area contributed by atoms with Gasteiger partial charge in [0, 0.05) is 20.1 Å². The molecule has 2 aliphatic heterocycles. The molecule has 2 aliphatic rings. The molecule has 0 saturated carbocycles. The predicted molar refractivity (Wildman–Crippen MR) is 78.1 cm³/mol. The van der Waals surface area contributed by atoms with Crippen molar-refractivity contribution in [1.29, 1.82) is 0 Å². The van der Waals surface area contributed by atoms with E-state index in [0.29, 0.717) is 5.91 Å². The van der Waals surface area contributed by atoms with E-state index in [2.05, 4.69) is 17.3 Å². The van der Waals surface area contributed by atoms with Gasteiger partial charge in [-0.2, -0.15) is 0 Å². The number of nitrogens with one attached hydrogen (secondary N) is 1. The Kier molecular flexibility index (Phi) is 5.64. The second-order valence-electron chi connectivity index (χ2n) is 6.34. The van der Waals surface area contributed by atoms with Crippen molar-refractivity contribution in [1.82, 2.24) is 15.1 Å². The van der Waals surface area contributed by atoms with E-state index >= 15 is 0 Å². The van der Waals surface area contributed by atoms with Crippen molar-refractivity contribution in [3.63, 3.8) is 0 Å². The summed E-state index contributed by atoms with van der Waals surface area (Å²) < 4.78 is 0. The Hall–Kier alpha value is -0.610. The monoisotopic (exact) mass is 267 g/mol. The summed E-state index contributed by atoms with van der Waals surface area (Å²) in [4.78, 5) is 16.7. The van der Waals surface area contributed by atoms with Gasteiger partial charge in [0.2, 0.25) is 5.91 Å². The average molecular weight is 267 g/mol. The van der Waals surface area contributed by atoms with Crippen LogP contribution in [0.5, 0.6) is 0 Å². The SMILES string of the molecule is CN1CCC(CCN(C)C(=O)C2CCCNC2)CC1. The van der Waals surface area contributed by atoms with Crippen LogP contribution in [0.25, 0.3) is 0 Å². The molecule has 2 heterocycles. The number of carbonyl (C=O) groups excluding carboxylic acids is 1. The van der Waals surface area contributed by atoms with Crippen molar-refractivity contribution in [2.45, 2.75) is 32.1 Å². The predicted octanol–water partition coefficient (Wildman–Crippen LogP) is 1.18. The summed E-state index contributed by atoms with van der Waals surface area (Å²) in [5.74, 6) is 1.38. The molecule has 1 atom stereocenters. The molecule has 1 unspecified atom stereocenters. The summed E-state index contributed by atoms with van der Waals surface area (Å²) in [6.45, 7) is 5.31. The van der Waals surface area contributed by atoms with E-state index in [9.17, 15) is 4.79 Å². The molecule has 1 amide bonds. The van der Waals surface area contributed by atoms with Gasteiger partial charge >= 0.3 is 0 Å². The Morgan fingerprint density at radius 3 is 2.68 bits per heavy atom.